The number of hydrogen-bond donors (Lipinski definition) is 2. The molecular weight excluding hydrogens is 294 g/mol. The SMILES string of the molecule is CC(=O)NC1CCN(c2cc(Br)cc(CN)c2)C1. The molecule has 1 atom stereocenters. The summed E-state index contributed by atoms with van der Waals surface area (Å²) < 4.78 is 1.04. The number of nitrogens with zero attached hydrogens (tertiary/aromatic N) is 1. The van der Waals surface area contributed by atoms with Crippen molar-refractivity contribution in [1.29, 1.82) is 0 Å². The summed E-state index contributed by atoms with van der Waals surface area (Å²) in [5.74, 6) is 0.0405. The minimum Gasteiger partial charge on any atom is -0.369 e. The van der Waals surface area contributed by atoms with Gasteiger partial charge in [-0.15, -0.1) is 0 Å². The molecule has 1 saturated heterocycles. The first-order valence-corrected chi connectivity index (χ1v) is 6.89. The van der Waals surface area contributed by atoms with Crippen molar-refractivity contribution in [3.8, 4) is 0 Å². The molecule has 1 unspecified atom stereocenters. The van der Waals surface area contributed by atoms with E-state index in [0.29, 0.717) is 6.54 Å². The number of carbonyl (C=O) groups excluding carboxylic acids is 1. The summed E-state index contributed by atoms with van der Waals surface area (Å²) in [5.41, 5.74) is 7.96. The minimum absolute atomic E-state index is 0.0405. The van der Waals surface area contributed by atoms with Gasteiger partial charge in [0, 0.05) is 42.8 Å². The maximum atomic E-state index is 11.0. The number of benzene rings is 1. The first-order valence-electron chi connectivity index (χ1n) is 6.10. The van der Waals surface area contributed by atoms with E-state index in [2.05, 4.69) is 38.3 Å². The molecule has 1 aliphatic rings. The summed E-state index contributed by atoms with van der Waals surface area (Å²) in [6.45, 7) is 3.93. The van der Waals surface area contributed by atoms with Gasteiger partial charge in [0.25, 0.3) is 0 Å². The van der Waals surface area contributed by atoms with Gasteiger partial charge < -0.3 is 16.0 Å². The molecule has 5 heteroatoms. The third kappa shape index (κ3) is 3.23. The molecular formula is C13H18BrN3O. The molecule has 3 N–H and O–H groups in total. The standard InChI is InChI=1S/C13H18BrN3O/c1-9(18)16-12-2-3-17(8-12)13-5-10(7-15)4-11(14)6-13/h4-6,12H,2-3,7-8,15H2,1H3,(H,16,18). The first kappa shape index (κ1) is 13.4. The number of anilines is 1. The molecule has 0 bridgehead atoms. The number of nitrogens with one attached hydrogen (secondary N) is 1. The quantitative estimate of drug-likeness (QED) is 0.892. The van der Waals surface area contributed by atoms with Crippen LogP contribution in [0.25, 0.3) is 0 Å². The zero-order valence-corrected chi connectivity index (χ0v) is 12.0. The molecule has 0 radical (unpaired) electrons. The third-order valence-corrected chi connectivity index (χ3v) is 3.60. The monoisotopic (exact) mass is 311 g/mol. The Morgan fingerprint density at radius 1 is 1.56 bits per heavy atom. The second-order valence-corrected chi connectivity index (χ2v) is 5.57. The molecule has 0 saturated carbocycles. The van der Waals surface area contributed by atoms with Gasteiger partial charge in [0.15, 0.2) is 0 Å². The number of halogens is 1. The predicted molar refractivity (Wildman–Crippen MR) is 76.5 cm³/mol. The van der Waals surface area contributed by atoms with Gasteiger partial charge in [0.2, 0.25) is 5.91 Å². The van der Waals surface area contributed by atoms with Crippen molar-refractivity contribution in [3.63, 3.8) is 0 Å². The summed E-state index contributed by atoms with van der Waals surface area (Å²) in [7, 11) is 0. The van der Waals surface area contributed by atoms with Crippen LogP contribution in [-0.2, 0) is 11.3 Å². The molecule has 98 valence electrons. The van der Waals surface area contributed by atoms with Gasteiger partial charge >= 0.3 is 0 Å². The summed E-state index contributed by atoms with van der Waals surface area (Å²) in [5, 5.41) is 2.97. The van der Waals surface area contributed by atoms with Crippen molar-refractivity contribution in [1.82, 2.24) is 5.32 Å². The third-order valence-electron chi connectivity index (χ3n) is 3.14. The summed E-state index contributed by atoms with van der Waals surface area (Å²) in [6, 6.07) is 6.49. The molecule has 1 heterocycles. The van der Waals surface area contributed by atoms with E-state index in [9.17, 15) is 4.79 Å². The van der Waals surface area contributed by atoms with Crippen LogP contribution in [0.1, 0.15) is 18.9 Å². The molecule has 0 aliphatic carbocycles. The summed E-state index contributed by atoms with van der Waals surface area (Å²) >= 11 is 3.50. The average Bonchev–Trinajstić information content (AvgIpc) is 2.75. The van der Waals surface area contributed by atoms with E-state index in [1.54, 1.807) is 6.92 Å². The number of nitrogens with two attached hydrogens (primary N) is 1. The summed E-state index contributed by atoms with van der Waals surface area (Å²) in [6.07, 6.45) is 0.990. The van der Waals surface area contributed by atoms with Gasteiger partial charge in [0.05, 0.1) is 0 Å². The smallest absolute Gasteiger partial charge is 0.217 e. The van der Waals surface area contributed by atoms with Gasteiger partial charge in [-0.3, -0.25) is 4.79 Å². The Morgan fingerprint density at radius 2 is 2.33 bits per heavy atom. The lowest BCUT2D eigenvalue weighted by molar-refractivity contribution is -0.119. The predicted octanol–water partition coefficient (Wildman–Crippen LogP) is 1.62. The van der Waals surface area contributed by atoms with Crippen molar-refractivity contribution in [3.05, 3.63) is 28.2 Å². The lowest BCUT2D eigenvalue weighted by atomic mass is 10.2. The fourth-order valence-electron chi connectivity index (χ4n) is 2.33. The highest BCUT2D eigenvalue weighted by molar-refractivity contribution is 9.10. The van der Waals surface area contributed by atoms with Crippen molar-refractivity contribution < 1.29 is 4.79 Å². The summed E-state index contributed by atoms with van der Waals surface area (Å²) in [4.78, 5) is 13.3. The number of amides is 1. The Hall–Kier alpha value is -1.07. The van der Waals surface area contributed by atoms with Crippen LogP contribution >= 0.6 is 15.9 Å². The van der Waals surface area contributed by atoms with E-state index in [0.717, 1.165) is 35.2 Å². The average molecular weight is 312 g/mol. The van der Waals surface area contributed by atoms with E-state index in [1.165, 1.54) is 0 Å². The Bertz CT molecular complexity index is 450. The maximum absolute atomic E-state index is 11.0. The molecule has 0 spiro atoms. The molecule has 1 aromatic rings. The van der Waals surface area contributed by atoms with Crippen LogP contribution in [0.3, 0.4) is 0 Å². The number of rotatable bonds is 3. The maximum Gasteiger partial charge on any atom is 0.217 e. The Morgan fingerprint density at radius 3 is 3.00 bits per heavy atom. The molecule has 1 aromatic carbocycles. The van der Waals surface area contributed by atoms with Crippen LogP contribution in [-0.4, -0.2) is 25.0 Å². The Labute approximate surface area is 116 Å². The van der Waals surface area contributed by atoms with Crippen molar-refractivity contribution in [2.24, 2.45) is 5.73 Å². The van der Waals surface area contributed by atoms with E-state index in [4.69, 9.17) is 5.73 Å². The topological polar surface area (TPSA) is 58.4 Å². The highest BCUT2D eigenvalue weighted by Gasteiger charge is 2.23. The van der Waals surface area contributed by atoms with E-state index >= 15 is 0 Å². The van der Waals surface area contributed by atoms with Crippen LogP contribution in [0.15, 0.2) is 22.7 Å². The molecule has 1 amide bonds. The zero-order valence-electron chi connectivity index (χ0n) is 10.4. The fourth-order valence-corrected chi connectivity index (χ4v) is 2.86. The lowest BCUT2D eigenvalue weighted by Crippen LogP contribution is -2.35. The van der Waals surface area contributed by atoms with Gasteiger partial charge in [0.1, 0.15) is 0 Å². The van der Waals surface area contributed by atoms with E-state index in [-0.39, 0.29) is 11.9 Å². The van der Waals surface area contributed by atoms with Crippen LogP contribution in [0.5, 0.6) is 0 Å². The first-order chi connectivity index (χ1) is 8.58. The van der Waals surface area contributed by atoms with Crippen molar-refractivity contribution in [2.45, 2.75) is 25.9 Å². The largest absolute Gasteiger partial charge is 0.369 e. The number of hydrogen-bond acceptors (Lipinski definition) is 3. The molecule has 1 aliphatic heterocycles. The Balaban J connectivity index is 2.09. The van der Waals surface area contributed by atoms with Gasteiger partial charge in [-0.25, -0.2) is 0 Å². The highest BCUT2D eigenvalue weighted by Crippen LogP contribution is 2.25. The van der Waals surface area contributed by atoms with Crippen LogP contribution in [0.2, 0.25) is 0 Å². The van der Waals surface area contributed by atoms with Gasteiger partial charge in [-0.05, 0) is 30.2 Å². The zero-order chi connectivity index (χ0) is 13.1. The van der Waals surface area contributed by atoms with Gasteiger partial charge in [-0.2, -0.15) is 0 Å². The molecule has 2 rings (SSSR count). The van der Waals surface area contributed by atoms with Crippen molar-refractivity contribution >= 4 is 27.5 Å². The van der Waals surface area contributed by atoms with E-state index < -0.39 is 0 Å². The second-order valence-electron chi connectivity index (χ2n) is 4.65. The highest BCUT2D eigenvalue weighted by atomic mass is 79.9. The Kier molecular flexibility index (Phi) is 4.24. The normalized spacial score (nSPS) is 19.1. The van der Waals surface area contributed by atoms with Crippen LogP contribution in [0.4, 0.5) is 5.69 Å². The lowest BCUT2D eigenvalue weighted by Gasteiger charge is -2.20. The fraction of sp³-hybridized carbons (Fsp3) is 0.462. The molecule has 4 nitrogen and oxygen atoms in total. The van der Waals surface area contributed by atoms with Crippen molar-refractivity contribution in [2.75, 3.05) is 18.0 Å². The minimum atomic E-state index is 0.0405. The molecule has 0 aromatic heterocycles. The van der Waals surface area contributed by atoms with Gasteiger partial charge in [-0.1, -0.05) is 15.9 Å². The molecule has 18 heavy (non-hydrogen) atoms. The van der Waals surface area contributed by atoms with E-state index in [1.807, 2.05) is 6.07 Å². The number of carbonyl (C=O) groups is 1. The molecule has 1 fully saturated rings. The van der Waals surface area contributed by atoms with Crippen LogP contribution in [0, 0.1) is 0 Å². The second kappa shape index (κ2) is 5.71. The van der Waals surface area contributed by atoms with Crippen LogP contribution < -0.4 is 16.0 Å².